The molecule has 1 aliphatic heterocycles. The number of fused-ring (bicyclic) bond motifs is 1. The van der Waals surface area contributed by atoms with Crippen molar-refractivity contribution in [2.45, 2.75) is 30.7 Å². The SMILES string of the molecule is C/C(=N\O)c1ccc(=N)n(C(=N)Sc2ccc3ncc(NC4CCOCC4)cc3c2)c1. The molecule has 3 aromatic rings. The molecule has 0 aliphatic carbocycles. The van der Waals surface area contributed by atoms with Gasteiger partial charge in [0.25, 0.3) is 0 Å². The van der Waals surface area contributed by atoms with Crippen LogP contribution in [0.5, 0.6) is 0 Å². The van der Waals surface area contributed by atoms with E-state index >= 15 is 0 Å². The summed E-state index contributed by atoms with van der Waals surface area (Å²) in [4.78, 5) is 5.43. The summed E-state index contributed by atoms with van der Waals surface area (Å²) >= 11 is 1.25. The van der Waals surface area contributed by atoms with E-state index < -0.39 is 0 Å². The largest absolute Gasteiger partial charge is 0.411 e. The van der Waals surface area contributed by atoms with Crippen LogP contribution in [0.4, 0.5) is 5.69 Å². The average Bonchev–Trinajstić information content (AvgIpc) is 2.79. The van der Waals surface area contributed by atoms with Gasteiger partial charge in [-0.25, -0.2) is 0 Å². The molecule has 9 heteroatoms. The van der Waals surface area contributed by atoms with Crippen molar-refractivity contribution in [1.82, 2.24) is 9.55 Å². The van der Waals surface area contributed by atoms with Crippen LogP contribution >= 0.6 is 11.8 Å². The molecule has 0 bridgehead atoms. The molecule has 31 heavy (non-hydrogen) atoms. The highest BCUT2D eigenvalue weighted by Gasteiger charge is 2.14. The van der Waals surface area contributed by atoms with Gasteiger partial charge in [-0.05, 0) is 56.2 Å². The second kappa shape index (κ2) is 9.32. The zero-order chi connectivity index (χ0) is 21.8. The van der Waals surface area contributed by atoms with E-state index in [0.717, 1.165) is 47.5 Å². The summed E-state index contributed by atoms with van der Waals surface area (Å²) in [5, 5.41) is 33.5. The van der Waals surface area contributed by atoms with E-state index in [2.05, 4.69) is 21.5 Å². The number of hydrogen-bond donors (Lipinski definition) is 4. The Bertz CT molecular complexity index is 1200. The van der Waals surface area contributed by atoms with Gasteiger partial charge in [-0.2, -0.15) is 0 Å². The quantitative estimate of drug-likeness (QED) is 0.163. The summed E-state index contributed by atoms with van der Waals surface area (Å²) in [6.45, 7) is 3.23. The third-order valence-electron chi connectivity index (χ3n) is 5.19. The zero-order valence-corrected chi connectivity index (χ0v) is 17.9. The molecule has 0 radical (unpaired) electrons. The summed E-state index contributed by atoms with van der Waals surface area (Å²) in [5.74, 6) is 0. The van der Waals surface area contributed by atoms with Crippen LogP contribution in [0.1, 0.15) is 25.3 Å². The van der Waals surface area contributed by atoms with Gasteiger partial charge < -0.3 is 15.3 Å². The van der Waals surface area contributed by atoms with E-state index in [1.165, 1.54) is 16.3 Å². The average molecular weight is 437 g/mol. The molecule has 1 aliphatic rings. The fourth-order valence-corrected chi connectivity index (χ4v) is 4.23. The zero-order valence-electron chi connectivity index (χ0n) is 17.1. The van der Waals surface area contributed by atoms with Crippen molar-refractivity contribution in [3.05, 3.63) is 59.8 Å². The first-order valence-electron chi connectivity index (χ1n) is 10.0. The fourth-order valence-electron chi connectivity index (χ4n) is 3.43. The maximum absolute atomic E-state index is 9.00. The number of thioether (sulfide) groups is 1. The minimum atomic E-state index is 0.178. The molecular weight excluding hydrogens is 412 g/mol. The molecule has 8 nitrogen and oxygen atoms in total. The first-order valence-corrected chi connectivity index (χ1v) is 10.8. The molecule has 2 aromatic heterocycles. The Balaban J connectivity index is 1.55. The molecule has 160 valence electrons. The number of hydrogen-bond acceptors (Lipinski definition) is 8. The van der Waals surface area contributed by atoms with Gasteiger partial charge >= 0.3 is 0 Å². The van der Waals surface area contributed by atoms with Crippen LogP contribution in [0, 0.1) is 10.8 Å². The number of nitrogens with one attached hydrogen (secondary N) is 3. The van der Waals surface area contributed by atoms with E-state index in [1.54, 1.807) is 25.3 Å². The Hall–Kier alpha value is -3.17. The van der Waals surface area contributed by atoms with Gasteiger partial charge in [-0.3, -0.25) is 20.4 Å². The van der Waals surface area contributed by atoms with Crippen molar-refractivity contribution in [2.24, 2.45) is 5.16 Å². The van der Waals surface area contributed by atoms with Gasteiger partial charge in [0.2, 0.25) is 0 Å². The molecular formula is C22H24N6O2S. The summed E-state index contributed by atoms with van der Waals surface area (Å²) in [6.07, 6.45) is 5.45. The number of pyridine rings is 2. The lowest BCUT2D eigenvalue weighted by Crippen LogP contribution is -2.27. The molecule has 1 aromatic carbocycles. The number of nitrogens with zero attached hydrogens (tertiary/aromatic N) is 3. The third kappa shape index (κ3) is 4.95. The first-order chi connectivity index (χ1) is 15.0. The van der Waals surface area contributed by atoms with Crippen LogP contribution < -0.4 is 10.8 Å². The van der Waals surface area contributed by atoms with Gasteiger partial charge in [-0.1, -0.05) is 16.9 Å². The monoisotopic (exact) mass is 436 g/mol. The maximum Gasteiger partial charge on any atom is 0.171 e. The fraction of sp³-hybridized carbons (Fsp3) is 0.273. The molecule has 4 rings (SSSR count). The Morgan fingerprint density at radius 1 is 1.26 bits per heavy atom. The van der Waals surface area contributed by atoms with E-state index in [4.69, 9.17) is 20.8 Å². The standard InChI is InChI=1S/C22H24N6O2S/c1-14(27-29)15-2-5-21(23)28(13-15)22(24)31-19-3-4-20-16(11-19)10-18(12-25-20)26-17-6-8-30-9-7-17/h2-5,10-13,17,23-24,26,29H,6-9H2,1H3/b23-21?,24-22?,27-14+. The Morgan fingerprint density at radius 3 is 2.84 bits per heavy atom. The van der Waals surface area contributed by atoms with E-state index in [9.17, 15) is 0 Å². The Kier molecular flexibility index (Phi) is 6.34. The topological polar surface area (TPSA) is 119 Å². The predicted molar refractivity (Wildman–Crippen MR) is 122 cm³/mol. The molecule has 4 N–H and O–H groups in total. The molecule has 1 fully saturated rings. The molecule has 0 saturated carbocycles. The Labute approximate surface area is 184 Å². The van der Waals surface area contributed by atoms with Gasteiger partial charge in [0.05, 0.1) is 23.1 Å². The maximum atomic E-state index is 9.00. The van der Waals surface area contributed by atoms with Crippen LogP contribution in [0.25, 0.3) is 10.9 Å². The summed E-state index contributed by atoms with van der Waals surface area (Å²) in [7, 11) is 0. The molecule has 0 spiro atoms. The first kappa shape index (κ1) is 21.1. The summed E-state index contributed by atoms with van der Waals surface area (Å²) in [5.41, 5.74) is 3.12. The minimum Gasteiger partial charge on any atom is -0.411 e. The van der Waals surface area contributed by atoms with Crippen LogP contribution in [-0.4, -0.2) is 44.9 Å². The van der Waals surface area contributed by atoms with Gasteiger partial charge in [0, 0.05) is 41.3 Å². The van der Waals surface area contributed by atoms with Gasteiger partial charge in [-0.15, -0.1) is 0 Å². The van der Waals surface area contributed by atoms with Gasteiger partial charge in [0.15, 0.2) is 5.17 Å². The second-order valence-electron chi connectivity index (χ2n) is 7.38. The molecule has 0 amide bonds. The smallest absolute Gasteiger partial charge is 0.171 e. The number of rotatable bonds is 4. The number of aromatic nitrogens is 2. The number of anilines is 1. The van der Waals surface area contributed by atoms with Crippen LogP contribution in [0.3, 0.4) is 0 Å². The lowest BCUT2D eigenvalue weighted by molar-refractivity contribution is 0.0904. The van der Waals surface area contributed by atoms with Crippen molar-refractivity contribution in [1.29, 1.82) is 10.8 Å². The van der Waals surface area contributed by atoms with Crippen molar-refractivity contribution < 1.29 is 9.94 Å². The van der Waals surface area contributed by atoms with E-state index in [0.29, 0.717) is 17.3 Å². The normalized spacial score (nSPS) is 15.2. The third-order valence-corrected chi connectivity index (χ3v) is 6.07. The summed E-state index contributed by atoms with van der Waals surface area (Å²) in [6, 6.07) is 11.6. The minimum absolute atomic E-state index is 0.178. The van der Waals surface area contributed by atoms with Crippen molar-refractivity contribution in [2.75, 3.05) is 18.5 Å². The molecule has 3 heterocycles. The molecule has 1 saturated heterocycles. The number of oxime groups is 1. The highest BCUT2D eigenvalue weighted by molar-refractivity contribution is 8.13. The summed E-state index contributed by atoms with van der Waals surface area (Å²) < 4.78 is 6.88. The molecule has 0 unspecified atom stereocenters. The van der Waals surface area contributed by atoms with Crippen molar-refractivity contribution >= 4 is 39.2 Å². The number of benzene rings is 1. The van der Waals surface area contributed by atoms with Crippen LogP contribution in [0.2, 0.25) is 0 Å². The lowest BCUT2D eigenvalue weighted by atomic mass is 10.1. The van der Waals surface area contributed by atoms with Crippen molar-refractivity contribution in [3.8, 4) is 0 Å². The van der Waals surface area contributed by atoms with Crippen LogP contribution in [0.15, 0.2) is 58.8 Å². The predicted octanol–water partition coefficient (Wildman–Crippen LogP) is 3.88. The van der Waals surface area contributed by atoms with Crippen LogP contribution in [-0.2, 0) is 4.74 Å². The highest BCUT2D eigenvalue weighted by atomic mass is 32.2. The van der Waals surface area contributed by atoms with Crippen molar-refractivity contribution in [3.63, 3.8) is 0 Å². The molecule has 0 atom stereocenters. The second-order valence-corrected chi connectivity index (χ2v) is 8.44. The Morgan fingerprint density at radius 2 is 2.06 bits per heavy atom. The number of ether oxygens (including phenoxy) is 1. The van der Waals surface area contributed by atoms with Gasteiger partial charge in [0.1, 0.15) is 5.49 Å². The van der Waals surface area contributed by atoms with E-state index in [-0.39, 0.29) is 10.7 Å². The highest BCUT2D eigenvalue weighted by Crippen LogP contribution is 2.26. The lowest BCUT2D eigenvalue weighted by Gasteiger charge is -2.24. The van der Waals surface area contributed by atoms with E-state index in [1.807, 2.05) is 24.4 Å².